The molecule has 9 heteroatoms. The number of aromatic nitrogens is 2. The number of piperidine rings is 1. The van der Waals surface area contributed by atoms with Crippen molar-refractivity contribution in [1.29, 1.82) is 0 Å². The molecule has 1 saturated carbocycles. The summed E-state index contributed by atoms with van der Waals surface area (Å²) in [7, 11) is 0. The molecule has 2 aliphatic rings. The number of nitrogens with zero attached hydrogens (tertiary/aromatic N) is 3. The largest absolute Gasteiger partial charge is 0.349 e. The number of hydrogen-bond acceptors (Lipinski definition) is 7. The van der Waals surface area contributed by atoms with E-state index in [0.717, 1.165) is 49.9 Å². The van der Waals surface area contributed by atoms with Crippen molar-refractivity contribution >= 4 is 28.8 Å². The molecule has 1 saturated heterocycles. The maximum Gasteiger partial charge on any atom is 0.253 e. The summed E-state index contributed by atoms with van der Waals surface area (Å²) in [4.78, 5) is 33.8. The second-order valence-electron chi connectivity index (χ2n) is 9.41. The van der Waals surface area contributed by atoms with Crippen molar-refractivity contribution in [3.63, 3.8) is 0 Å². The number of amides is 2. The number of carbonyl (C=O) groups is 2. The lowest BCUT2D eigenvalue weighted by molar-refractivity contribution is -0.121. The SMILES string of the molecule is O=C(NC1CCCCC1)c1ccccc1NC(=O)C1CCCN(Cc2nc(-c3cccs3)no2)C1. The van der Waals surface area contributed by atoms with Gasteiger partial charge in [0.25, 0.3) is 5.91 Å². The zero-order chi connectivity index (χ0) is 24.0. The minimum Gasteiger partial charge on any atom is -0.349 e. The lowest BCUT2D eigenvalue weighted by atomic mass is 9.95. The molecule has 2 N–H and O–H groups in total. The van der Waals surface area contributed by atoms with E-state index in [1.807, 2.05) is 29.6 Å². The summed E-state index contributed by atoms with van der Waals surface area (Å²) in [5.74, 6) is 0.815. The molecule has 2 fully saturated rings. The van der Waals surface area contributed by atoms with Gasteiger partial charge >= 0.3 is 0 Å². The van der Waals surface area contributed by atoms with Crippen LogP contribution in [0.15, 0.2) is 46.3 Å². The van der Waals surface area contributed by atoms with Crippen LogP contribution < -0.4 is 10.6 Å². The molecule has 1 aromatic carbocycles. The molecule has 1 aliphatic heterocycles. The third-order valence-electron chi connectivity index (χ3n) is 6.81. The van der Waals surface area contributed by atoms with Gasteiger partial charge in [-0.15, -0.1) is 11.3 Å². The maximum absolute atomic E-state index is 13.2. The Bertz CT molecular complexity index is 1140. The molecule has 1 aliphatic carbocycles. The highest BCUT2D eigenvalue weighted by Gasteiger charge is 2.28. The molecular formula is C26H31N5O3S. The van der Waals surface area contributed by atoms with Crippen LogP contribution in [0.2, 0.25) is 0 Å². The summed E-state index contributed by atoms with van der Waals surface area (Å²) < 4.78 is 5.45. The lowest BCUT2D eigenvalue weighted by Gasteiger charge is -2.31. The van der Waals surface area contributed by atoms with E-state index in [1.54, 1.807) is 23.5 Å². The third kappa shape index (κ3) is 5.97. The van der Waals surface area contributed by atoms with Crippen molar-refractivity contribution in [3.05, 3.63) is 53.2 Å². The Balaban J connectivity index is 1.19. The molecule has 3 heterocycles. The predicted octanol–water partition coefficient (Wildman–Crippen LogP) is 4.71. The molecule has 35 heavy (non-hydrogen) atoms. The molecule has 5 rings (SSSR count). The molecular weight excluding hydrogens is 462 g/mol. The van der Waals surface area contributed by atoms with Crippen LogP contribution in [0.1, 0.15) is 61.2 Å². The van der Waals surface area contributed by atoms with Gasteiger partial charge in [0, 0.05) is 12.6 Å². The maximum atomic E-state index is 13.2. The topological polar surface area (TPSA) is 100 Å². The molecule has 8 nitrogen and oxygen atoms in total. The molecule has 0 spiro atoms. The van der Waals surface area contributed by atoms with Crippen LogP contribution in [-0.2, 0) is 11.3 Å². The second-order valence-corrected chi connectivity index (χ2v) is 10.4. The van der Waals surface area contributed by atoms with Gasteiger partial charge in [0.05, 0.1) is 28.6 Å². The van der Waals surface area contributed by atoms with E-state index < -0.39 is 0 Å². The minimum absolute atomic E-state index is 0.0579. The Morgan fingerprint density at radius 1 is 1.06 bits per heavy atom. The lowest BCUT2D eigenvalue weighted by Crippen LogP contribution is -2.40. The first-order valence-corrected chi connectivity index (χ1v) is 13.3. The van der Waals surface area contributed by atoms with E-state index in [0.29, 0.717) is 36.1 Å². The molecule has 0 radical (unpaired) electrons. The van der Waals surface area contributed by atoms with Gasteiger partial charge in [-0.3, -0.25) is 14.5 Å². The number of nitrogens with one attached hydrogen (secondary N) is 2. The highest BCUT2D eigenvalue weighted by molar-refractivity contribution is 7.13. The molecule has 0 bridgehead atoms. The van der Waals surface area contributed by atoms with Crippen LogP contribution in [0.4, 0.5) is 5.69 Å². The molecule has 2 amide bonds. The third-order valence-corrected chi connectivity index (χ3v) is 7.68. The van der Waals surface area contributed by atoms with Crippen LogP contribution in [0.25, 0.3) is 10.7 Å². The van der Waals surface area contributed by atoms with Crippen molar-refractivity contribution < 1.29 is 14.1 Å². The van der Waals surface area contributed by atoms with Gasteiger partial charge in [0.2, 0.25) is 17.6 Å². The van der Waals surface area contributed by atoms with E-state index in [9.17, 15) is 9.59 Å². The van der Waals surface area contributed by atoms with Crippen LogP contribution in [0.3, 0.4) is 0 Å². The number of carbonyl (C=O) groups excluding carboxylic acids is 2. The van der Waals surface area contributed by atoms with Crippen molar-refractivity contribution in [1.82, 2.24) is 20.4 Å². The summed E-state index contributed by atoms with van der Waals surface area (Å²) in [6.07, 6.45) is 7.30. The molecule has 1 atom stereocenters. The van der Waals surface area contributed by atoms with Crippen molar-refractivity contribution in [2.75, 3.05) is 18.4 Å². The number of para-hydroxylation sites is 1. The highest BCUT2D eigenvalue weighted by Crippen LogP contribution is 2.25. The molecule has 1 unspecified atom stereocenters. The Hall–Kier alpha value is -3.04. The highest BCUT2D eigenvalue weighted by atomic mass is 32.1. The zero-order valence-electron chi connectivity index (χ0n) is 19.7. The molecule has 2 aromatic heterocycles. The summed E-state index contributed by atoms with van der Waals surface area (Å²) >= 11 is 1.57. The average Bonchev–Trinajstić information content (AvgIpc) is 3.57. The van der Waals surface area contributed by atoms with E-state index >= 15 is 0 Å². The average molecular weight is 494 g/mol. The van der Waals surface area contributed by atoms with Crippen LogP contribution in [0.5, 0.6) is 0 Å². The van der Waals surface area contributed by atoms with Crippen LogP contribution in [-0.4, -0.2) is 46.0 Å². The first kappa shape index (κ1) is 23.7. The Kier molecular flexibility index (Phi) is 7.54. The van der Waals surface area contributed by atoms with Crippen LogP contribution >= 0.6 is 11.3 Å². The van der Waals surface area contributed by atoms with Gasteiger partial charge in [-0.2, -0.15) is 4.98 Å². The van der Waals surface area contributed by atoms with E-state index in [1.165, 1.54) is 6.42 Å². The Labute approximate surface area is 209 Å². The van der Waals surface area contributed by atoms with Crippen LogP contribution in [0, 0.1) is 5.92 Å². The van der Waals surface area contributed by atoms with Gasteiger partial charge < -0.3 is 15.2 Å². The Morgan fingerprint density at radius 3 is 2.74 bits per heavy atom. The second kappa shape index (κ2) is 11.1. The Morgan fingerprint density at radius 2 is 1.91 bits per heavy atom. The monoisotopic (exact) mass is 493 g/mol. The van der Waals surface area contributed by atoms with E-state index in [2.05, 4.69) is 25.7 Å². The normalized spacial score (nSPS) is 19.4. The van der Waals surface area contributed by atoms with E-state index in [-0.39, 0.29) is 23.8 Å². The summed E-state index contributed by atoms with van der Waals surface area (Å²) in [5.41, 5.74) is 1.09. The van der Waals surface area contributed by atoms with Crippen molar-refractivity contribution in [2.45, 2.75) is 57.5 Å². The van der Waals surface area contributed by atoms with Crippen molar-refractivity contribution in [3.8, 4) is 10.7 Å². The molecule has 3 aromatic rings. The number of rotatable bonds is 7. The molecule has 184 valence electrons. The van der Waals surface area contributed by atoms with Crippen molar-refractivity contribution in [2.24, 2.45) is 5.92 Å². The number of benzene rings is 1. The van der Waals surface area contributed by atoms with E-state index in [4.69, 9.17) is 4.52 Å². The van der Waals surface area contributed by atoms with Gasteiger partial charge in [-0.1, -0.05) is 42.6 Å². The van der Waals surface area contributed by atoms with Gasteiger partial charge in [-0.25, -0.2) is 0 Å². The standard InChI is InChI=1S/C26H31N5O3S/c32-25(28-21-12-5-4-11-20(21)26(33)27-19-9-2-1-3-10-19)18-8-6-14-31(16-18)17-23-29-24(30-34-23)22-13-7-15-35-22/h4-5,7,11-13,15,18-19H,1-3,6,8-10,14,16-17H2,(H,27,33)(H,28,32). The smallest absolute Gasteiger partial charge is 0.253 e. The summed E-state index contributed by atoms with van der Waals surface area (Å²) in [5, 5.41) is 12.2. The predicted molar refractivity (Wildman–Crippen MR) is 135 cm³/mol. The van der Waals surface area contributed by atoms with Gasteiger partial charge in [-0.05, 0) is 55.8 Å². The number of thiophene rings is 1. The fourth-order valence-electron chi connectivity index (χ4n) is 4.96. The first-order chi connectivity index (χ1) is 17.2. The first-order valence-electron chi connectivity index (χ1n) is 12.5. The number of likely N-dealkylation sites (tertiary alicyclic amines) is 1. The minimum atomic E-state index is -0.169. The summed E-state index contributed by atoms with van der Waals surface area (Å²) in [6.45, 7) is 2.00. The number of anilines is 1. The quantitative estimate of drug-likeness (QED) is 0.494. The number of hydrogen-bond donors (Lipinski definition) is 2. The fourth-order valence-corrected chi connectivity index (χ4v) is 5.61. The fraction of sp³-hybridized carbons (Fsp3) is 0.462. The summed E-state index contributed by atoms with van der Waals surface area (Å²) in [6, 6.07) is 11.4. The zero-order valence-corrected chi connectivity index (χ0v) is 20.6. The van der Waals surface area contributed by atoms with Gasteiger partial charge in [0.1, 0.15) is 0 Å². The van der Waals surface area contributed by atoms with Gasteiger partial charge in [0.15, 0.2) is 0 Å².